The first-order chi connectivity index (χ1) is 34.5. The first-order valence-electron chi connectivity index (χ1n) is 25.5. The van der Waals surface area contributed by atoms with Crippen LogP contribution in [0, 0.1) is 6.85 Å². The number of fused-ring (bicyclic) bond motifs is 1. The molecule has 0 amide bonds. The van der Waals surface area contributed by atoms with Crippen molar-refractivity contribution < 1.29 is 9.22 Å². The Morgan fingerprint density at radius 3 is 1.78 bits per heavy atom. The van der Waals surface area contributed by atoms with Gasteiger partial charge in [0.15, 0.2) is 0 Å². The molecule has 1 N–H and O–H groups in total. The highest BCUT2D eigenvalue weighted by atomic mass is 16.3. The second kappa shape index (κ2) is 18.3. The number of para-hydroxylation sites is 1. The fourth-order valence-corrected chi connectivity index (χ4v) is 9.47. The average Bonchev–Trinajstić information content (AvgIpc) is 3.78. The zero-order valence-electron chi connectivity index (χ0n) is 43.4. The van der Waals surface area contributed by atoms with Crippen molar-refractivity contribution in [2.24, 2.45) is 0 Å². The highest BCUT2D eigenvalue weighted by molar-refractivity contribution is 5.98. The van der Waals surface area contributed by atoms with Gasteiger partial charge in [-0.2, -0.15) is 0 Å². The van der Waals surface area contributed by atoms with Gasteiger partial charge < -0.3 is 5.11 Å². The monoisotopic (exact) mass is 900 g/mol. The minimum Gasteiger partial charge on any atom is -0.507 e. The normalized spacial score (nSPS) is 12.6. The van der Waals surface area contributed by atoms with Crippen LogP contribution < -0.4 is 0 Å². The Morgan fingerprint density at radius 1 is 0.507 bits per heavy atom. The molecule has 0 fully saturated rings. The van der Waals surface area contributed by atoms with Gasteiger partial charge in [-0.3, -0.25) is 9.55 Å². The second-order valence-corrected chi connectivity index (χ2v) is 19.9. The maximum absolute atomic E-state index is 12.4. The summed E-state index contributed by atoms with van der Waals surface area (Å²) in [5.41, 5.74) is 18.0. The predicted molar refractivity (Wildman–Crippen MR) is 290 cm³/mol. The number of aromatic hydroxyl groups is 1. The summed E-state index contributed by atoms with van der Waals surface area (Å²) in [5.74, 6) is 0.939. The van der Waals surface area contributed by atoms with Crippen LogP contribution in [-0.4, -0.2) is 19.6 Å². The number of hydrogen-bond acceptors (Lipinski definition) is 3. The largest absolute Gasteiger partial charge is 0.507 e. The SMILES string of the molecule is [2H]C([2H])([2H])c1ccc(-n2c(-c3cc(C(C)C)cc(C(C)C)c3O)nc3c(-c4cc(-c5ccccc5)cc(-c5cc(-c6ccc(-c7ccccc7)cc6)ccn5)c4)cccc32)c(-c2ccc(C(C)(C)C)cc2)c1. The molecule has 0 aliphatic carbocycles. The Bertz CT molecular complexity index is 3590. The van der Waals surface area contributed by atoms with Crippen molar-refractivity contribution in [1.29, 1.82) is 0 Å². The third-order valence-electron chi connectivity index (χ3n) is 13.4. The number of aromatic nitrogens is 3. The molecular weight excluding hydrogens is 839 g/mol. The van der Waals surface area contributed by atoms with Gasteiger partial charge in [-0.15, -0.1) is 0 Å². The van der Waals surface area contributed by atoms with E-state index in [0.29, 0.717) is 11.4 Å². The molecule has 8 aromatic carbocycles. The summed E-state index contributed by atoms with van der Waals surface area (Å²) in [6.45, 7) is 12.7. The molecule has 0 aliphatic heterocycles. The third kappa shape index (κ3) is 8.91. The molecule has 10 rings (SSSR count). The van der Waals surface area contributed by atoms with Crippen LogP contribution in [0.2, 0.25) is 0 Å². The summed E-state index contributed by atoms with van der Waals surface area (Å²) in [6.07, 6.45) is 1.88. The van der Waals surface area contributed by atoms with Crippen molar-refractivity contribution in [2.75, 3.05) is 0 Å². The summed E-state index contributed by atoms with van der Waals surface area (Å²) in [7, 11) is 0. The minimum absolute atomic E-state index is 0.0335. The van der Waals surface area contributed by atoms with Crippen molar-refractivity contribution in [3.63, 3.8) is 0 Å². The van der Waals surface area contributed by atoms with E-state index in [1.165, 1.54) is 11.1 Å². The fourth-order valence-electron chi connectivity index (χ4n) is 9.47. The molecule has 0 radical (unpaired) electrons. The van der Waals surface area contributed by atoms with Gasteiger partial charge in [-0.05, 0) is 140 Å². The number of imidazole rings is 1. The van der Waals surface area contributed by atoms with E-state index < -0.39 is 6.85 Å². The molecule has 4 nitrogen and oxygen atoms in total. The maximum atomic E-state index is 12.4. The van der Waals surface area contributed by atoms with Gasteiger partial charge in [-0.25, -0.2) is 4.98 Å². The van der Waals surface area contributed by atoms with E-state index in [-0.39, 0.29) is 28.6 Å². The standard InChI is InChI=1S/C65H59N3O/c1-41(2)50-38-56(42(3)4)63(69)58(39-50)64-67-62-55(20-15-21-61(62)68(64)60-31-22-43(5)34-57(60)48-27-29-54(30-28-48)65(6,7)8)52-35-51(45-18-13-10-14-19-45)36-53(37-52)59-40-49(32-33-66-59)47-25-23-46(24-26-47)44-16-11-9-12-17-44/h9-42,69H,1-8H3/i5D3. The first-order valence-corrected chi connectivity index (χ1v) is 24.0. The quantitative estimate of drug-likeness (QED) is 0.149. The highest BCUT2D eigenvalue weighted by Crippen LogP contribution is 2.45. The summed E-state index contributed by atoms with van der Waals surface area (Å²) in [4.78, 5) is 10.6. The van der Waals surface area contributed by atoms with Crippen molar-refractivity contribution in [2.45, 2.75) is 72.6 Å². The molecular formula is C65H59N3O. The predicted octanol–water partition coefficient (Wildman–Crippen LogP) is 17.6. The topological polar surface area (TPSA) is 50.9 Å². The van der Waals surface area contributed by atoms with Crippen LogP contribution in [0.5, 0.6) is 5.75 Å². The number of benzene rings is 8. The summed E-state index contributed by atoms with van der Waals surface area (Å²) >= 11 is 0. The number of phenols is 1. The van der Waals surface area contributed by atoms with Gasteiger partial charge in [0.1, 0.15) is 11.6 Å². The lowest BCUT2D eigenvalue weighted by atomic mass is 9.86. The number of aryl methyl sites for hydroxylation is 1. The van der Waals surface area contributed by atoms with E-state index in [9.17, 15) is 5.11 Å². The fraction of sp³-hybridized carbons (Fsp3) is 0.169. The number of nitrogens with zero attached hydrogens (tertiary/aromatic N) is 3. The molecule has 10 aromatic rings. The zero-order chi connectivity index (χ0) is 50.5. The Balaban J connectivity index is 1.22. The first kappa shape index (κ1) is 41.4. The Morgan fingerprint density at radius 2 is 1.13 bits per heavy atom. The third-order valence-corrected chi connectivity index (χ3v) is 13.4. The molecule has 0 atom stereocenters. The summed E-state index contributed by atoms with van der Waals surface area (Å²) < 4.78 is 27.6. The van der Waals surface area contributed by atoms with E-state index in [2.05, 4.69) is 211 Å². The molecule has 0 saturated heterocycles. The van der Waals surface area contributed by atoms with Crippen molar-refractivity contribution in [3.05, 3.63) is 217 Å². The van der Waals surface area contributed by atoms with Crippen LogP contribution in [0.25, 0.3) is 95.0 Å². The number of hydrogen-bond donors (Lipinski definition) is 1. The Hall–Kier alpha value is -7.82. The average molecular weight is 901 g/mol. The van der Waals surface area contributed by atoms with Crippen LogP contribution in [0.1, 0.15) is 86.7 Å². The van der Waals surface area contributed by atoms with Crippen molar-refractivity contribution in [3.8, 4) is 89.7 Å². The molecule has 69 heavy (non-hydrogen) atoms. The van der Waals surface area contributed by atoms with E-state index in [1.807, 2.05) is 24.4 Å². The molecule has 2 aromatic heterocycles. The molecule has 4 heteroatoms. The minimum atomic E-state index is -2.34. The van der Waals surface area contributed by atoms with Crippen LogP contribution >= 0.6 is 0 Å². The van der Waals surface area contributed by atoms with E-state index >= 15 is 0 Å². The van der Waals surface area contributed by atoms with Crippen molar-refractivity contribution >= 4 is 11.0 Å². The Labute approximate surface area is 411 Å². The lowest BCUT2D eigenvalue weighted by Crippen LogP contribution is -2.10. The van der Waals surface area contributed by atoms with Gasteiger partial charge in [-0.1, -0.05) is 187 Å². The van der Waals surface area contributed by atoms with E-state index in [1.54, 1.807) is 12.1 Å². The molecule has 0 spiro atoms. The van der Waals surface area contributed by atoms with Crippen LogP contribution in [0.4, 0.5) is 0 Å². The second-order valence-electron chi connectivity index (χ2n) is 19.9. The molecule has 0 bridgehead atoms. The zero-order valence-corrected chi connectivity index (χ0v) is 40.4. The van der Waals surface area contributed by atoms with Gasteiger partial charge >= 0.3 is 0 Å². The van der Waals surface area contributed by atoms with Gasteiger partial charge in [0.25, 0.3) is 0 Å². The van der Waals surface area contributed by atoms with Gasteiger partial charge in [0.05, 0.1) is 28.0 Å². The van der Waals surface area contributed by atoms with Crippen LogP contribution in [0.15, 0.2) is 194 Å². The number of phenolic OH excluding ortho intramolecular Hbond substituents is 1. The van der Waals surface area contributed by atoms with E-state index in [0.717, 1.165) is 89.2 Å². The van der Waals surface area contributed by atoms with Gasteiger partial charge in [0, 0.05) is 27.0 Å². The Kier molecular flexibility index (Phi) is 11.0. The van der Waals surface area contributed by atoms with Crippen LogP contribution in [-0.2, 0) is 5.41 Å². The molecule has 0 unspecified atom stereocenters. The molecule has 340 valence electrons. The lowest BCUT2D eigenvalue weighted by Gasteiger charge is -2.21. The number of rotatable bonds is 10. The lowest BCUT2D eigenvalue weighted by molar-refractivity contribution is 0.466. The van der Waals surface area contributed by atoms with E-state index in [4.69, 9.17) is 14.1 Å². The summed E-state index contributed by atoms with van der Waals surface area (Å²) in [5, 5.41) is 12.4. The highest BCUT2D eigenvalue weighted by Gasteiger charge is 2.25. The number of pyridine rings is 1. The molecule has 2 heterocycles. The summed E-state index contributed by atoms with van der Waals surface area (Å²) in [6, 6.07) is 64.6. The molecule has 0 aliphatic rings. The molecule has 0 saturated carbocycles. The van der Waals surface area contributed by atoms with Crippen molar-refractivity contribution in [1.82, 2.24) is 14.5 Å². The smallest absolute Gasteiger partial charge is 0.149 e. The maximum Gasteiger partial charge on any atom is 0.149 e. The van der Waals surface area contributed by atoms with Crippen LogP contribution in [0.3, 0.4) is 0 Å². The van der Waals surface area contributed by atoms with Gasteiger partial charge in [0.2, 0.25) is 0 Å².